The number of anilines is 1. The molecule has 0 aliphatic rings. The van der Waals surface area contributed by atoms with Crippen LogP contribution in [0.4, 0.5) is 5.69 Å². The van der Waals surface area contributed by atoms with E-state index in [2.05, 4.69) is 29.3 Å². The molecule has 3 N–H and O–H groups in total. The van der Waals surface area contributed by atoms with E-state index in [9.17, 15) is 0 Å². The van der Waals surface area contributed by atoms with Crippen molar-refractivity contribution >= 4 is 23.0 Å². The second kappa shape index (κ2) is 7.19. The summed E-state index contributed by atoms with van der Waals surface area (Å²) in [5, 5.41) is 3.98. The summed E-state index contributed by atoms with van der Waals surface area (Å²) >= 11 is 5.34. The number of nitrogens with zero attached hydrogens (tertiary/aromatic N) is 1. The topological polar surface area (TPSA) is 41.3 Å². The fourth-order valence-corrected chi connectivity index (χ4v) is 1.78. The van der Waals surface area contributed by atoms with Crippen LogP contribution in [-0.2, 0) is 0 Å². The second-order valence-corrected chi connectivity index (χ2v) is 3.84. The van der Waals surface area contributed by atoms with Gasteiger partial charge in [-0.1, -0.05) is 18.2 Å². The molecule has 0 aliphatic carbocycles. The zero-order valence-electron chi connectivity index (χ0n) is 9.65. The summed E-state index contributed by atoms with van der Waals surface area (Å²) < 4.78 is 0. The van der Waals surface area contributed by atoms with Gasteiger partial charge in [-0.2, -0.15) is 0 Å². The van der Waals surface area contributed by atoms with Crippen molar-refractivity contribution in [1.82, 2.24) is 5.32 Å². The van der Waals surface area contributed by atoms with Gasteiger partial charge in [0.2, 0.25) is 0 Å². The van der Waals surface area contributed by atoms with Crippen LogP contribution in [0.25, 0.3) is 0 Å². The largest absolute Gasteiger partial charge is 0.362 e. The summed E-state index contributed by atoms with van der Waals surface area (Å²) in [7, 11) is 0. The SMILES string of the molecule is CCN(C(=S)NCCCN)c1ccccc1. The average molecular weight is 237 g/mol. The molecule has 1 rings (SSSR count). The summed E-state index contributed by atoms with van der Waals surface area (Å²) in [6.45, 7) is 4.47. The predicted molar refractivity (Wildman–Crippen MR) is 73.7 cm³/mol. The van der Waals surface area contributed by atoms with E-state index < -0.39 is 0 Å². The van der Waals surface area contributed by atoms with Crippen LogP contribution in [0.5, 0.6) is 0 Å². The molecule has 16 heavy (non-hydrogen) atoms. The monoisotopic (exact) mass is 237 g/mol. The van der Waals surface area contributed by atoms with Gasteiger partial charge in [0.1, 0.15) is 0 Å². The zero-order chi connectivity index (χ0) is 11.8. The van der Waals surface area contributed by atoms with Crippen molar-refractivity contribution in [3.63, 3.8) is 0 Å². The Kier molecular flexibility index (Phi) is 5.82. The molecule has 0 heterocycles. The van der Waals surface area contributed by atoms with Gasteiger partial charge in [0.25, 0.3) is 0 Å². The Morgan fingerprint density at radius 2 is 2.06 bits per heavy atom. The highest BCUT2D eigenvalue weighted by Crippen LogP contribution is 2.12. The van der Waals surface area contributed by atoms with E-state index >= 15 is 0 Å². The minimum atomic E-state index is 0.688. The Balaban J connectivity index is 2.57. The number of rotatable bonds is 5. The van der Waals surface area contributed by atoms with Crippen molar-refractivity contribution < 1.29 is 0 Å². The predicted octanol–water partition coefficient (Wildman–Crippen LogP) is 1.74. The third-order valence-electron chi connectivity index (χ3n) is 2.29. The van der Waals surface area contributed by atoms with Gasteiger partial charge < -0.3 is 16.0 Å². The lowest BCUT2D eigenvalue weighted by Crippen LogP contribution is -2.40. The molecule has 4 heteroatoms. The van der Waals surface area contributed by atoms with Gasteiger partial charge in [0.15, 0.2) is 5.11 Å². The van der Waals surface area contributed by atoms with Crippen molar-refractivity contribution in [3.05, 3.63) is 30.3 Å². The maximum Gasteiger partial charge on any atom is 0.173 e. The lowest BCUT2D eigenvalue weighted by molar-refractivity contribution is 0.778. The first-order chi connectivity index (χ1) is 7.79. The van der Waals surface area contributed by atoms with E-state index in [1.54, 1.807) is 0 Å². The molecule has 0 bridgehead atoms. The van der Waals surface area contributed by atoms with Gasteiger partial charge in [-0.3, -0.25) is 0 Å². The van der Waals surface area contributed by atoms with Crippen molar-refractivity contribution in [1.29, 1.82) is 0 Å². The van der Waals surface area contributed by atoms with Gasteiger partial charge in [0.05, 0.1) is 0 Å². The molecule has 0 fully saturated rings. The van der Waals surface area contributed by atoms with E-state index in [-0.39, 0.29) is 0 Å². The highest BCUT2D eigenvalue weighted by atomic mass is 32.1. The van der Waals surface area contributed by atoms with E-state index in [1.807, 2.05) is 18.2 Å². The minimum Gasteiger partial charge on any atom is -0.362 e. The quantitative estimate of drug-likeness (QED) is 0.604. The number of thiocarbonyl (C=S) groups is 1. The molecule has 1 aromatic carbocycles. The van der Waals surface area contributed by atoms with Crippen LogP contribution in [0.1, 0.15) is 13.3 Å². The fourth-order valence-electron chi connectivity index (χ4n) is 1.44. The number of benzene rings is 1. The van der Waals surface area contributed by atoms with Crippen molar-refractivity contribution in [3.8, 4) is 0 Å². The summed E-state index contributed by atoms with van der Waals surface area (Å²) in [5.41, 5.74) is 6.56. The molecule has 0 atom stereocenters. The molecule has 0 radical (unpaired) electrons. The van der Waals surface area contributed by atoms with Crippen molar-refractivity contribution in [2.75, 3.05) is 24.5 Å². The third-order valence-corrected chi connectivity index (χ3v) is 2.65. The Hall–Kier alpha value is -1.13. The maximum atomic E-state index is 5.44. The minimum absolute atomic E-state index is 0.688. The van der Waals surface area contributed by atoms with Crippen LogP contribution < -0.4 is 16.0 Å². The van der Waals surface area contributed by atoms with Gasteiger partial charge in [-0.05, 0) is 44.2 Å². The first-order valence-electron chi connectivity index (χ1n) is 5.60. The Labute approximate surface area is 103 Å². The van der Waals surface area contributed by atoms with Crippen LogP contribution in [0, 0.1) is 0 Å². The second-order valence-electron chi connectivity index (χ2n) is 3.45. The number of nitrogens with two attached hydrogens (primary N) is 1. The Morgan fingerprint density at radius 1 is 1.38 bits per heavy atom. The molecule has 0 saturated carbocycles. The van der Waals surface area contributed by atoms with Crippen LogP contribution >= 0.6 is 12.2 Å². The normalized spacial score (nSPS) is 9.88. The molecular formula is C12H19N3S. The Morgan fingerprint density at radius 3 is 2.62 bits per heavy atom. The van der Waals surface area contributed by atoms with E-state index in [0.717, 1.165) is 30.3 Å². The lowest BCUT2D eigenvalue weighted by atomic mass is 10.3. The molecular weight excluding hydrogens is 218 g/mol. The standard InChI is InChI=1S/C12H19N3S/c1-2-15(11-7-4-3-5-8-11)12(16)14-10-6-9-13/h3-5,7-8H,2,6,9-10,13H2,1H3,(H,14,16). The molecule has 0 aliphatic heterocycles. The first kappa shape index (κ1) is 12.9. The molecule has 3 nitrogen and oxygen atoms in total. The Bertz CT molecular complexity index is 313. The van der Waals surface area contributed by atoms with E-state index in [4.69, 9.17) is 18.0 Å². The molecule has 0 amide bonds. The average Bonchev–Trinajstić information content (AvgIpc) is 2.32. The summed E-state index contributed by atoms with van der Waals surface area (Å²) in [6, 6.07) is 10.1. The molecule has 88 valence electrons. The lowest BCUT2D eigenvalue weighted by Gasteiger charge is -2.24. The van der Waals surface area contributed by atoms with Crippen molar-refractivity contribution in [2.45, 2.75) is 13.3 Å². The zero-order valence-corrected chi connectivity index (χ0v) is 10.5. The highest BCUT2D eigenvalue weighted by molar-refractivity contribution is 7.80. The fraction of sp³-hybridized carbons (Fsp3) is 0.417. The van der Waals surface area contributed by atoms with Gasteiger partial charge in [-0.15, -0.1) is 0 Å². The van der Waals surface area contributed by atoms with Crippen LogP contribution in [0.15, 0.2) is 30.3 Å². The smallest absolute Gasteiger partial charge is 0.173 e. The molecule has 0 aromatic heterocycles. The van der Waals surface area contributed by atoms with Crippen LogP contribution in [0.2, 0.25) is 0 Å². The summed E-state index contributed by atoms with van der Waals surface area (Å²) in [4.78, 5) is 2.08. The van der Waals surface area contributed by atoms with Crippen molar-refractivity contribution in [2.24, 2.45) is 5.73 Å². The number of para-hydroxylation sites is 1. The summed E-state index contributed by atoms with van der Waals surface area (Å²) in [5.74, 6) is 0. The molecule has 0 saturated heterocycles. The maximum absolute atomic E-state index is 5.44. The van der Waals surface area contributed by atoms with E-state index in [0.29, 0.717) is 6.54 Å². The molecule has 0 spiro atoms. The third kappa shape index (κ3) is 3.79. The number of hydrogen-bond acceptors (Lipinski definition) is 2. The van der Waals surface area contributed by atoms with Gasteiger partial charge in [0, 0.05) is 18.8 Å². The summed E-state index contributed by atoms with van der Waals surface area (Å²) in [6.07, 6.45) is 0.937. The van der Waals surface area contributed by atoms with Gasteiger partial charge in [-0.25, -0.2) is 0 Å². The van der Waals surface area contributed by atoms with Gasteiger partial charge >= 0.3 is 0 Å². The van der Waals surface area contributed by atoms with Crippen LogP contribution in [-0.4, -0.2) is 24.7 Å². The first-order valence-corrected chi connectivity index (χ1v) is 6.01. The van der Waals surface area contributed by atoms with E-state index in [1.165, 1.54) is 0 Å². The highest BCUT2D eigenvalue weighted by Gasteiger charge is 2.08. The molecule has 0 unspecified atom stereocenters. The number of nitrogens with one attached hydrogen (secondary N) is 1. The van der Waals surface area contributed by atoms with Crippen LogP contribution in [0.3, 0.4) is 0 Å². The molecule has 1 aromatic rings. The number of hydrogen-bond donors (Lipinski definition) is 2.